The molecule has 2 nitrogen and oxygen atoms in total. The number of hydrogen-bond acceptors (Lipinski definition) is 2. The summed E-state index contributed by atoms with van der Waals surface area (Å²) in [6.45, 7) is 2.46. The molecule has 0 aliphatic carbocycles. The molecule has 2 rings (SSSR count). The summed E-state index contributed by atoms with van der Waals surface area (Å²) in [6.07, 6.45) is -0.879. The van der Waals surface area contributed by atoms with Crippen LogP contribution in [0, 0.1) is 0 Å². The number of rotatable bonds is 2. The summed E-state index contributed by atoms with van der Waals surface area (Å²) in [5.74, 6) is 0. The molecule has 0 bridgehead atoms. The van der Waals surface area contributed by atoms with Gasteiger partial charge >= 0.3 is 6.18 Å². The first kappa shape index (κ1) is 13.2. The molecule has 1 aromatic carbocycles. The minimum Gasteiger partial charge on any atom is -0.399 e. The Morgan fingerprint density at radius 1 is 1.06 bits per heavy atom. The van der Waals surface area contributed by atoms with Gasteiger partial charge in [0.05, 0.1) is 5.56 Å². The maximum Gasteiger partial charge on any atom is 0.416 e. The van der Waals surface area contributed by atoms with E-state index in [2.05, 4.69) is 4.90 Å². The Bertz CT molecular complexity index is 409. The van der Waals surface area contributed by atoms with Crippen LogP contribution < -0.4 is 5.73 Å². The molecule has 5 heteroatoms. The van der Waals surface area contributed by atoms with Gasteiger partial charge in [0.25, 0.3) is 0 Å². The predicted octanol–water partition coefficient (Wildman–Crippen LogP) is 3.27. The van der Waals surface area contributed by atoms with Gasteiger partial charge in [-0.15, -0.1) is 0 Å². The van der Waals surface area contributed by atoms with Crippen LogP contribution in [0.5, 0.6) is 0 Å². The van der Waals surface area contributed by atoms with Crippen LogP contribution in [0.2, 0.25) is 0 Å². The first-order valence-electron chi connectivity index (χ1n) is 6.14. The first-order valence-corrected chi connectivity index (χ1v) is 6.14. The van der Waals surface area contributed by atoms with Crippen molar-refractivity contribution in [2.24, 2.45) is 0 Å². The summed E-state index contributed by atoms with van der Waals surface area (Å²) in [5, 5.41) is 0. The van der Waals surface area contributed by atoms with Crippen molar-refractivity contribution >= 4 is 5.69 Å². The van der Waals surface area contributed by atoms with E-state index in [1.54, 1.807) is 6.07 Å². The molecule has 0 spiro atoms. The molecule has 1 saturated heterocycles. The SMILES string of the molecule is Nc1cc(CN2CCCCC2)cc(C(F)(F)F)c1. The molecule has 0 unspecified atom stereocenters. The van der Waals surface area contributed by atoms with Gasteiger partial charge in [-0.3, -0.25) is 4.90 Å². The number of anilines is 1. The fraction of sp³-hybridized carbons (Fsp3) is 0.538. The zero-order valence-electron chi connectivity index (χ0n) is 10.1. The van der Waals surface area contributed by atoms with Crippen molar-refractivity contribution in [1.82, 2.24) is 4.90 Å². The normalized spacial score (nSPS) is 17.9. The minimum absolute atomic E-state index is 0.178. The standard InChI is InChI=1S/C13H17F3N2/c14-13(15,16)11-6-10(7-12(17)8-11)9-18-4-2-1-3-5-18/h6-8H,1-5,9,17H2. The number of benzene rings is 1. The second-order valence-electron chi connectivity index (χ2n) is 4.80. The van der Waals surface area contributed by atoms with E-state index in [0.29, 0.717) is 12.1 Å². The zero-order valence-corrected chi connectivity index (χ0v) is 10.1. The van der Waals surface area contributed by atoms with Crippen molar-refractivity contribution < 1.29 is 13.2 Å². The molecule has 1 aliphatic heterocycles. The van der Waals surface area contributed by atoms with Gasteiger partial charge in [0, 0.05) is 12.2 Å². The summed E-state index contributed by atoms with van der Waals surface area (Å²) in [7, 11) is 0. The Morgan fingerprint density at radius 2 is 1.72 bits per heavy atom. The van der Waals surface area contributed by atoms with Crippen LogP contribution in [0.15, 0.2) is 18.2 Å². The Labute approximate surface area is 105 Å². The highest BCUT2D eigenvalue weighted by atomic mass is 19.4. The first-order chi connectivity index (χ1) is 8.45. The third-order valence-electron chi connectivity index (χ3n) is 3.20. The maximum atomic E-state index is 12.7. The van der Waals surface area contributed by atoms with E-state index in [1.165, 1.54) is 12.5 Å². The molecule has 1 heterocycles. The smallest absolute Gasteiger partial charge is 0.399 e. The van der Waals surface area contributed by atoms with Gasteiger partial charge in [0.2, 0.25) is 0 Å². The molecule has 0 radical (unpaired) electrons. The molecule has 2 N–H and O–H groups in total. The van der Waals surface area contributed by atoms with E-state index in [-0.39, 0.29) is 5.69 Å². The maximum absolute atomic E-state index is 12.7. The van der Waals surface area contributed by atoms with E-state index in [0.717, 1.165) is 32.0 Å². The highest BCUT2D eigenvalue weighted by Gasteiger charge is 2.31. The number of nitrogens with two attached hydrogens (primary N) is 1. The highest BCUT2D eigenvalue weighted by molar-refractivity contribution is 5.45. The minimum atomic E-state index is -4.33. The quantitative estimate of drug-likeness (QED) is 0.825. The molecular formula is C13H17F3N2. The van der Waals surface area contributed by atoms with Crippen molar-refractivity contribution in [1.29, 1.82) is 0 Å². The van der Waals surface area contributed by atoms with Crippen molar-refractivity contribution in [3.8, 4) is 0 Å². The Morgan fingerprint density at radius 3 is 2.33 bits per heavy atom. The van der Waals surface area contributed by atoms with Crippen LogP contribution >= 0.6 is 0 Å². The number of hydrogen-bond donors (Lipinski definition) is 1. The molecule has 0 aromatic heterocycles. The lowest BCUT2D eigenvalue weighted by Gasteiger charge is -2.26. The molecule has 1 aliphatic rings. The van der Waals surface area contributed by atoms with Crippen LogP contribution in [0.1, 0.15) is 30.4 Å². The summed E-state index contributed by atoms with van der Waals surface area (Å²) in [6, 6.07) is 3.81. The average molecular weight is 258 g/mol. The van der Waals surface area contributed by atoms with Gasteiger partial charge in [0.1, 0.15) is 0 Å². The second kappa shape index (κ2) is 5.18. The Hall–Kier alpha value is -1.23. The molecule has 1 aromatic rings. The van der Waals surface area contributed by atoms with Crippen LogP contribution in [0.25, 0.3) is 0 Å². The van der Waals surface area contributed by atoms with Crippen molar-refractivity contribution in [2.45, 2.75) is 32.0 Å². The molecule has 1 fully saturated rings. The molecule has 100 valence electrons. The lowest BCUT2D eigenvalue weighted by Crippen LogP contribution is -2.29. The number of nitrogens with zero attached hydrogens (tertiary/aromatic N) is 1. The van der Waals surface area contributed by atoms with Gasteiger partial charge < -0.3 is 5.73 Å². The molecule has 0 saturated carbocycles. The van der Waals surface area contributed by atoms with E-state index >= 15 is 0 Å². The summed E-state index contributed by atoms with van der Waals surface area (Å²) >= 11 is 0. The lowest BCUT2D eigenvalue weighted by molar-refractivity contribution is -0.137. The number of piperidine rings is 1. The van der Waals surface area contributed by atoms with E-state index in [1.807, 2.05) is 0 Å². The number of likely N-dealkylation sites (tertiary alicyclic amines) is 1. The number of nitrogen functional groups attached to an aromatic ring is 1. The largest absolute Gasteiger partial charge is 0.416 e. The monoisotopic (exact) mass is 258 g/mol. The third kappa shape index (κ3) is 3.38. The predicted molar refractivity (Wildman–Crippen MR) is 65.0 cm³/mol. The van der Waals surface area contributed by atoms with Crippen LogP contribution in [-0.4, -0.2) is 18.0 Å². The molecule has 0 atom stereocenters. The topological polar surface area (TPSA) is 29.3 Å². The van der Waals surface area contributed by atoms with E-state index in [4.69, 9.17) is 5.73 Å². The van der Waals surface area contributed by atoms with E-state index < -0.39 is 11.7 Å². The molecular weight excluding hydrogens is 241 g/mol. The summed E-state index contributed by atoms with van der Waals surface area (Å²) < 4.78 is 38.0. The summed E-state index contributed by atoms with van der Waals surface area (Å²) in [4.78, 5) is 2.18. The third-order valence-corrected chi connectivity index (χ3v) is 3.20. The van der Waals surface area contributed by atoms with Crippen LogP contribution in [0.4, 0.5) is 18.9 Å². The Balaban J connectivity index is 2.14. The lowest BCUT2D eigenvalue weighted by atomic mass is 10.1. The van der Waals surface area contributed by atoms with Crippen molar-refractivity contribution in [2.75, 3.05) is 18.8 Å². The van der Waals surface area contributed by atoms with Crippen molar-refractivity contribution in [3.05, 3.63) is 29.3 Å². The fourth-order valence-electron chi connectivity index (χ4n) is 2.35. The Kier molecular flexibility index (Phi) is 3.80. The molecule has 0 amide bonds. The second-order valence-corrected chi connectivity index (χ2v) is 4.80. The fourth-order valence-corrected chi connectivity index (χ4v) is 2.35. The van der Waals surface area contributed by atoms with Crippen molar-refractivity contribution in [3.63, 3.8) is 0 Å². The highest BCUT2D eigenvalue weighted by Crippen LogP contribution is 2.31. The van der Waals surface area contributed by atoms with Gasteiger partial charge in [-0.05, 0) is 49.7 Å². The zero-order chi connectivity index (χ0) is 13.2. The number of alkyl halides is 3. The van der Waals surface area contributed by atoms with Gasteiger partial charge in [0.15, 0.2) is 0 Å². The van der Waals surface area contributed by atoms with Gasteiger partial charge in [-0.2, -0.15) is 13.2 Å². The summed E-state index contributed by atoms with van der Waals surface area (Å²) in [5.41, 5.74) is 5.71. The van der Waals surface area contributed by atoms with Gasteiger partial charge in [-0.25, -0.2) is 0 Å². The average Bonchev–Trinajstić information content (AvgIpc) is 2.28. The van der Waals surface area contributed by atoms with E-state index in [9.17, 15) is 13.2 Å². The van der Waals surface area contributed by atoms with Crippen LogP contribution in [0.3, 0.4) is 0 Å². The van der Waals surface area contributed by atoms with Gasteiger partial charge in [-0.1, -0.05) is 6.42 Å². The van der Waals surface area contributed by atoms with Crippen LogP contribution in [-0.2, 0) is 12.7 Å². The molecule has 18 heavy (non-hydrogen) atoms. The number of halogens is 3.